The van der Waals surface area contributed by atoms with E-state index in [9.17, 15) is 0 Å². The van der Waals surface area contributed by atoms with E-state index in [0.29, 0.717) is 6.10 Å². The molecule has 2 atom stereocenters. The molecule has 0 aromatic rings. The van der Waals surface area contributed by atoms with Gasteiger partial charge in [0.05, 0.1) is 0 Å². The third kappa shape index (κ3) is 1.43. The molecule has 0 spiro atoms. The van der Waals surface area contributed by atoms with Gasteiger partial charge in [-0.05, 0) is 20.3 Å². The molecule has 0 aromatic carbocycles. The Morgan fingerprint density at radius 2 is 2.22 bits per heavy atom. The number of epoxide rings is 1. The zero-order chi connectivity index (χ0) is 6.91. The molecule has 1 rings (SSSR count). The third-order valence-corrected chi connectivity index (χ3v) is 1.68. The van der Waals surface area contributed by atoms with E-state index in [2.05, 4.69) is 6.92 Å². The van der Waals surface area contributed by atoms with Gasteiger partial charge in [-0.25, -0.2) is 0 Å². The van der Waals surface area contributed by atoms with Gasteiger partial charge in [-0.15, -0.1) is 0 Å². The van der Waals surface area contributed by atoms with Gasteiger partial charge in [0.15, 0.2) is 5.79 Å². The predicted octanol–water partition coefficient (Wildman–Crippen LogP) is 1.55. The van der Waals surface area contributed by atoms with Gasteiger partial charge in [0.25, 0.3) is 0 Å². The summed E-state index contributed by atoms with van der Waals surface area (Å²) in [5, 5.41) is 0. The first kappa shape index (κ1) is 7.03. The van der Waals surface area contributed by atoms with E-state index in [0.717, 1.165) is 13.0 Å². The summed E-state index contributed by atoms with van der Waals surface area (Å²) >= 11 is 0. The lowest BCUT2D eigenvalue weighted by molar-refractivity contribution is -0.0293. The maximum absolute atomic E-state index is 5.38. The van der Waals surface area contributed by atoms with Crippen LogP contribution in [0.3, 0.4) is 0 Å². The van der Waals surface area contributed by atoms with Gasteiger partial charge < -0.3 is 9.47 Å². The second kappa shape index (κ2) is 2.27. The summed E-state index contributed by atoms with van der Waals surface area (Å²) in [6.45, 7) is 6.90. The third-order valence-electron chi connectivity index (χ3n) is 1.68. The van der Waals surface area contributed by atoms with Crippen LogP contribution in [0.25, 0.3) is 0 Å². The normalized spacial score (nSPS) is 41.0. The minimum absolute atomic E-state index is 0.240. The van der Waals surface area contributed by atoms with Crippen LogP contribution in [0.5, 0.6) is 0 Å². The van der Waals surface area contributed by atoms with Crippen molar-refractivity contribution in [3.8, 4) is 0 Å². The summed E-state index contributed by atoms with van der Waals surface area (Å²) in [7, 11) is 0. The summed E-state index contributed by atoms with van der Waals surface area (Å²) < 4.78 is 10.6. The average molecular weight is 130 g/mol. The molecule has 0 bridgehead atoms. The van der Waals surface area contributed by atoms with Gasteiger partial charge in [-0.3, -0.25) is 0 Å². The smallest absolute Gasteiger partial charge is 0.192 e. The van der Waals surface area contributed by atoms with E-state index in [1.165, 1.54) is 0 Å². The Balaban J connectivity index is 2.13. The van der Waals surface area contributed by atoms with Gasteiger partial charge in [-0.1, -0.05) is 6.92 Å². The molecule has 0 saturated carbocycles. The fraction of sp³-hybridized carbons (Fsp3) is 1.00. The summed E-state index contributed by atoms with van der Waals surface area (Å²) in [5.41, 5.74) is 0. The van der Waals surface area contributed by atoms with Crippen LogP contribution in [0, 0.1) is 0 Å². The van der Waals surface area contributed by atoms with Crippen LogP contribution in [-0.4, -0.2) is 18.5 Å². The summed E-state index contributed by atoms with van der Waals surface area (Å²) in [4.78, 5) is 0. The number of rotatable bonds is 3. The highest BCUT2D eigenvalue weighted by Crippen LogP contribution is 2.36. The maximum Gasteiger partial charge on any atom is 0.192 e. The first-order valence-electron chi connectivity index (χ1n) is 3.51. The molecule has 2 nitrogen and oxygen atoms in total. The van der Waals surface area contributed by atoms with Crippen molar-refractivity contribution >= 4 is 0 Å². The standard InChI is InChI=1S/C7H14O2/c1-4-5-8-7(3)6(2)9-7/h6H,4-5H2,1-3H3. The Labute approximate surface area is 56.2 Å². The van der Waals surface area contributed by atoms with E-state index in [-0.39, 0.29) is 5.79 Å². The molecule has 0 amide bonds. The molecule has 1 saturated heterocycles. The van der Waals surface area contributed by atoms with Crippen LogP contribution in [0.15, 0.2) is 0 Å². The lowest BCUT2D eigenvalue weighted by Gasteiger charge is -2.04. The van der Waals surface area contributed by atoms with Crippen molar-refractivity contribution in [2.75, 3.05) is 6.61 Å². The summed E-state index contributed by atoms with van der Waals surface area (Å²) in [6.07, 6.45) is 1.36. The van der Waals surface area contributed by atoms with Crippen molar-refractivity contribution < 1.29 is 9.47 Å². The minimum atomic E-state index is -0.240. The monoisotopic (exact) mass is 130 g/mol. The Hall–Kier alpha value is -0.0800. The second-order valence-corrected chi connectivity index (χ2v) is 2.62. The molecule has 1 fully saturated rings. The first-order chi connectivity index (χ1) is 4.19. The van der Waals surface area contributed by atoms with Gasteiger partial charge in [-0.2, -0.15) is 0 Å². The van der Waals surface area contributed by atoms with Gasteiger partial charge in [0, 0.05) is 6.61 Å². The van der Waals surface area contributed by atoms with Crippen LogP contribution >= 0.6 is 0 Å². The van der Waals surface area contributed by atoms with Crippen molar-refractivity contribution in [2.24, 2.45) is 0 Å². The van der Waals surface area contributed by atoms with Crippen LogP contribution in [-0.2, 0) is 9.47 Å². The van der Waals surface area contributed by atoms with Gasteiger partial charge in [0.2, 0.25) is 0 Å². The van der Waals surface area contributed by atoms with E-state index in [1.807, 2.05) is 13.8 Å². The van der Waals surface area contributed by atoms with Crippen molar-refractivity contribution in [2.45, 2.75) is 39.1 Å². The van der Waals surface area contributed by atoms with E-state index in [1.54, 1.807) is 0 Å². The molecule has 1 heterocycles. The van der Waals surface area contributed by atoms with Gasteiger partial charge >= 0.3 is 0 Å². The van der Waals surface area contributed by atoms with Gasteiger partial charge in [0.1, 0.15) is 6.10 Å². The average Bonchev–Trinajstić information content (AvgIpc) is 2.38. The lowest BCUT2D eigenvalue weighted by atomic mass is 10.3. The van der Waals surface area contributed by atoms with E-state index >= 15 is 0 Å². The molecule has 2 heteroatoms. The van der Waals surface area contributed by atoms with Crippen LogP contribution in [0.2, 0.25) is 0 Å². The highest BCUT2D eigenvalue weighted by molar-refractivity contribution is 4.86. The maximum atomic E-state index is 5.38. The van der Waals surface area contributed by atoms with Crippen molar-refractivity contribution in [1.29, 1.82) is 0 Å². The van der Waals surface area contributed by atoms with Crippen LogP contribution in [0.4, 0.5) is 0 Å². The Morgan fingerprint density at radius 1 is 1.67 bits per heavy atom. The lowest BCUT2D eigenvalue weighted by Crippen LogP contribution is -2.13. The van der Waals surface area contributed by atoms with Crippen molar-refractivity contribution in [3.63, 3.8) is 0 Å². The predicted molar refractivity (Wildman–Crippen MR) is 35.2 cm³/mol. The fourth-order valence-electron chi connectivity index (χ4n) is 0.773. The van der Waals surface area contributed by atoms with Crippen molar-refractivity contribution in [3.05, 3.63) is 0 Å². The molecule has 1 aliphatic rings. The Morgan fingerprint density at radius 3 is 2.56 bits per heavy atom. The summed E-state index contributed by atoms with van der Waals surface area (Å²) in [5.74, 6) is -0.240. The largest absolute Gasteiger partial charge is 0.348 e. The van der Waals surface area contributed by atoms with E-state index in [4.69, 9.17) is 9.47 Å². The molecule has 0 aliphatic carbocycles. The molecule has 0 radical (unpaired) electrons. The Kier molecular flexibility index (Phi) is 1.78. The van der Waals surface area contributed by atoms with Crippen LogP contribution < -0.4 is 0 Å². The highest BCUT2D eigenvalue weighted by atomic mass is 16.8. The summed E-state index contributed by atoms with van der Waals surface area (Å²) in [6, 6.07) is 0. The molecule has 0 aromatic heterocycles. The zero-order valence-electron chi connectivity index (χ0n) is 6.31. The first-order valence-corrected chi connectivity index (χ1v) is 3.51. The fourth-order valence-corrected chi connectivity index (χ4v) is 0.773. The Bertz CT molecular complexity index is 103. The molecule has 0 N–H and O–H groups in total. The minimum Gasteiger partial charge on any atom is -0.348 e. The molecular formula is C7H14O2. The molecular weight excluding hydrogens is 116 g/mol. The molecule has 2 unspecified atom stereocenters. The number of ether oxygens (including phenoxy) is 2. The molecule has 1 aliphatic heterocycles. The molecule has 9 heavy (non-hydrogen) atoms. The number of hydrogen-bond acceptors (Lipinski definition) is 2. The quantitative estimate of drug-likeness (QED) is 0.540. The van der Waals surface area contributed by atoms with Crippen LogP contribution in [0.1, 0.15) is 27.2 Å². The number of hydrogen-bond donors (Lipinski definition) is 0. The highest BCUT2D eigenvalue weighted by Gasteiger charge is 2.50. The molecule has 54 valence electrons. The van der Waals surface area contributed by atoms with Crippen molar-refractivity contribution in [1.82, 2.24) is 0 Å². The topological polar surface area (TPSA) is 21.8 Å². The van der Waals surface area contributed by atoms with E-state index < -0.39 is 0 Å². The SMILES string of the molecule is CCCOC1(C)OC1C. The zero-order valence-corrected chi connectivity index (χ0v) is 6.31. The second-order valence-electron chi connectivity index (χ2n) is 2.62.